The number of nitrogens with one attached hydrogen (secondary N) is 2. The number of aromatic nitrogens is 4. The Labute approximate surface area is 94.9 Å². The van der Waals surface area contributed by atoms with Crippen LogP contribution in [0.25, 0.3) is 0 Å². The van der Waals surface area contributed by atoms with Crippen LogP contribution in [0.5, 0.6) is 0 Å². The Balaban J connectivity index is 1.71. The van der Waals surface area contributed by atoms with Crippen molar-refractivity contribution in [3.8, 4) is 0 Å². The summed E-state index contributed by atoms with van der Waals surface area (Å²) in [6.45, 7) is 3.79. The molecule has 0 aliphatic rings. The number of rotatable bonds is 5. The SMILES string of the molecule is Cc1[nH]cnc1CNCCc1cnn(C)c1. The smallest absolute Gasteiger partial charge is 0.0925 e. The Morgan fingerprint density at radius 3 is 3.00 bits per heavy atom. The zero-order chi connectivity index (χ0) is 11.4. The molecule has 16 heavy (non-hydrogen) atoms. The Hall–Kier alpha value is -1.62. The Morgan fingerprint density at radius 1 is 1.50 bits per heavy atom. The van der Waals surface area contributed by atoms with Crippen molar-refractivity contribution in [1.29, 1.82) is 0 Å². The van der Waals surface area contributed by atoms with Gasteiger partial charge in [0.15, 0.2) is 0 Å². The Morgan fingerprint density at radius 2 is 2.38 bits per heavy atom. The lowest BCUT2D eigenvalue weighted by Gasteiger charge is -2.01. The molecule has 2 heterocycles. The van der Waals surface area contributed by atoms with E-state index < -0.39 is 0 Å². The molecular weight excluding hydrogens is 202 g/mol. The first-order valence-electron chi connectivity index (χ1n) is 5.43. The summed E-state index contributed by atoms with van der Waals surface area (Å²) >= 11 is 0. The number of hydrogen-bond donors (Lipinski definition) is 2. The molecule has 0 saturated carbocycles. The highest BCUT2D eigenvalue weighted by Gasteiger charge is 2.00. The van der Waals surface area contributed by atoms with Crippen molar-refractivity contribution < 1.29 is 0 Å². The molecule has 0 aliphatic carbocycles. The lowest BCUT2D eigenvalue weighted by molar-refractivity contribution is 0.674. The summed E-state index contributed by atoms with van der Waals surface area (Å²) in [5.41, 5.74) is 3.48. The quantitative estimate of drug-likeness (QED) is 0.731. The number of imidazole rings is 1. The van der Waals surface area contributed by atoms with Crippen molar-refractivity contribution in [2.75, 3.05) is 6.54 Å². The first-order chi connectivity index (χ1) is 7.75. The monoisotopic (exact) mass is 219 g/mol. The van der Waals surface area contributed by atoms with Crippen LogP contribution in [0.2, 0.25) is 0 Å². The van der Waals surface area contributed by atoms with Crippen molar-refractivity contribution in [1.82, 2.24) is 25.1 Å². The van der Waals surface area contributed by atoms with Crippen LogP contribution in [-0.2, 0) is 20.0 Å². The summed E-state index contributed by atoms with van der Waals surface area (Å²) in [5.74, 6) is 0. The molecular formula is C11H17N5. The topological polar surface area (TPSA) is 58.5 Å². The van der Waals surface area contributed by atoms with Crippen molar-refractivity contribution in [3.63, 3.8) is 0 Å². The molecule has 5 heteroatoms. The maximum absolute atomic E-state index is 4.23. The standard InChI is InChI=1S/C11H17N5/c1-9-11(14-8-13-9)6-12-4-3-10-5-15-16(2)7-10/h5,7-8,12H,3-4,6H2,1-2H3,(H,13,14). The molecule has 0 bridgehead atoms. The fraction of sp³-hybridized carbons (Fsp3) is 0.455. The summed E-state index contributed by atoms with van der Waals surface area (Å²) in [5, 5.41) is 7.50. The van der Waals surface area contributed by atoms with E-state index in [4.69, 9.17) is 0 Å². The molecule has 5 nitrogen and oxygen atoms in total. The van der Waals surface area contributed by atoms with E-state index in [0.29, 0.717) is 0 Å². The van der Waals surface area contributed by atoms with Gasteiger partial charge in [-0.2, -0.15) is 5.10 Å². The molecule has 0 radical (unpaired) electrons. The zero-order valence-electron chi connectivity index (χ0n) is 9.70. The van der Waals surface area contributed by atoms with Crippen molar-refractivity contribution in [3.05, 3.63) is 35.7 Å². The van der Waals surface area contributed by atoms with Gasteiger partial charge in [-0.05, 0) is 25.5 Å². The van der Waals surface area contributed by atoms with Crippen LogP contribution in [0, 0.1) is 6.92 Å². The minimum absolute atomic E-state index is 0.815. The molecule has 2 aromatic rings. The van der Waals surface area contributed by atoms with Gasteiger partial charge in [0.05, 0.1) is 18.2 Å². The van der Waals surface area contributed by atoms with E-state index in [9.17, 15) is 0 Å². The molecule has 0 fully saturated rings. The minimum Gasteiger partial charge on any atom is -0.348 e. The largest absolute Gasteiger partial charge is 0.348 e. The normalized spacial score (nSPS) is 10.9. The van der Waals surface area contributed by atoms with Gasteiger partial charge in [-0.1, -0.05) is 0 Å². The molecule has 86 valence electrons. The van der Waals surface area contributed by atoms with Crippen molar-refractivity contribution in [2.24, 2.45) is 7.05 Å². The number of nitrogens with zero attached hydrogens (tertiary/aromatic N) is 3. The first kappa shape index (κ1) is 10.9. The van der Waals surface area contributed by atoms with Crippen LogP contribution in [0.1, 0.15) is 17.0 Å². The summed E-state index contributed by atoms with van der Waals surface area (Å²) in [6, 6.07) is 0. The maximum Gasteiger partial charge on any atom is 0.0925 e. The highest BCUT2D eigenvalue weighted by atomic mass is 15.2. The average Bonchev–Trinajstić information content (AvgIpc) is 2.83. The fourth-order valence-electron chi connectivity index (χ4n) is 1.61. The van der Waals surface area contributed by atoms with Gasteiger partial charge in [0.2, 0.25) is 0 Å². The highest BCUT2D eigenvalue weighted by molar-refractivity contribution is 5.08. The van der Waals surface area contributed by atoms with Gasteiger partial charge < -0.3 is 10.3 Å². The molecule has 2 N–H and O–H groups in total. The molecule has 0 atom stereocenters. The third-order valence-electron chi connectivity index (χ3n) is 2.58. The first-order valence-corrected chi connectivity index (χ1v) is 5.43. The Bertz CT molecular complexity index is 443. The minimum atomic E-state index is 0.815. The number of aromatic amines is 1. The lowest BCUT2D eigenvalue weighted by atomic mass is 10.2. The maximum atomic E-state index is 4.23. The third-order valence-corrected chi connectivity index (χ3v) is 2.58. The van der Waals surface area contributed by atoms with Gasteiger partial charge in [0.1, 0.15) is 0 Å². The molecule has 0 spiro atoms. The number of H-pyrrole nitrogens is 1. The molecule has 0 aromatic carbocycles. The van der Waals surface area contributed by atoms with Gasteiger partial charge in [-0.3, -0.25) is 4.68 Å². The van der Waals surface area contributed by atoms with Crippen LogP contribution in [0.4, 0.5) is 0 Å². The van der Waals surface area contributed by atoms with Crippen LogP contribution in [-0.4, -0.2) is 26.3 Å². The number of hydrogen-bond acceptors (Lipinski definition) is 3. The fourth-order valence-corrected chi connectivity index (χ4v) is 1.61. The van der Waals surface area contributed by atoms with Crippen LogP contribution >= 0.6 is 0 Å². The lowest BCUT2D eigenvalue weighted by Crippen LogP contribution is -2.17. The van der Waals surface area contributed by atoms with Gasteiger partial charge in [-0.25, -0.2) is 4.98 Å². The van der Waals surface area contributed by atoms with E-state index in [2.05, 4.69) is 20.4 Å². The second kappa shape index (κ2) is 4.94. The molecule has 2 rings (SSSR count). The highest BCUT2D eigenvalue weighted by Crippen LogP contribution is 2.00. The summed E-state index contributed by atoms with van der Waals surface area (Å²) in [4.78, 5) is 7.30. The van der Waals surface area contributed by atoms with Crippen molar-refractivity contribution >= 4 is 0 Å². The predicted octanol–water partition coefficient (Wildman–Crippen LogP) is 0.784. The van der Waals surface area contributed by atoms with Gasteiger partial charge in [0, 0.05) is 25.5 Å². The third kappa shape index (κ3) is 2.70. The summed E-state index contributed by atoms with van der Waals surface area (Å²) in [7, 11) is 1.93. The van der Waals surface area contributed by atoms with Gasteiger partial charge >= 0.3 is 0 Å². The number of aryl methyl sites for hydroxylation is 2. The van der Waals surface area contributed by atoms with Gasteiger partial charge in [0.25, 0.3) is 0 Å². The van der Waals surface area contributed by atoms with Crippen LogP contribution < -0.4 is 5.32 Å². The molecule has 0 amide bonds. The molecule has 2 aromatic heterocycles. The Kier molecular flexibility index (Phi) is 3.36. The molecule has 0 unspecified atom stereocenters. The summed E-state index contributed by atoms with van der Waals surface area (Å²) in [6.07, 6.45) is 6.67. The molecule has 0 saturated heterocycles. The second-order valence-electron chi connectivity index (χ2n) is 3.92. The predicted molar refractivity (Wildman–Crippen MR) is 61.9 cm³/mol. The molecule has 0 aliphatic heterocycles. The van der Waals surface area contributed by atoms with E-state index in [0.717, 1.165) is 30.9 Å². The average molecular weight is 219 g/mol. The van der Waals surface area contributed by atoms with E-state index >= 15 is 0 Å². The zero-order valence-corrected chi connectivity index (χ0v) is 9.70. The second-order valence-corrected chi connectivity index (χ2v) is 3.92. The van der Waals surface area contributed by atoms with Gasteiger partial charge in [-0.15, -0.1) is 0 Å². The van der Waals surface area contributed by atoms with Crippen molar-refractivity contribution in [2.45, 2.75) is 19.9 Å². The van der Waals surface area contributed by atoms with E-state index in [1.165, 1.54) is 5.56 Å². The van der Waals surface area contributed by atoms with E-state index in [1.54, 1.807) is 6.33 Å². The van der Waals surface area contributed by atoms with Crippen LogP contribution in [0.15, 0.2) is 18.7 Å². The van der Waals surface area contributed by atoms with E-state index in [1.807, 2.05) is 31.0 Å². The summed E-state index contributed by atoms with van der Waals surface area (Å²) < 4.78 is 1.83. The van der Waals surface area contributed by atoms with Crippen LogP contribution in [0.3, 0.4) is 0 Å². The van der Waals surface area contributed by atoms with E-state index in [-0.39, 0.29) is 0 Å².